The molecule has 0 bridgehead atoms. The maximum absolute atomic E-state index is 13.2. The van der Waals surface area contributed by atoms with Crippen LogP contribution in [0.1, 0.15) is 6.92 Å². The second-order valence-electron chi connectivity index (χ2n) is 3.15. The Morgan fingerprint density at radius 1 is 1.47 bits per heavy atom. The van der Waals surface area contributed by atoms with Crippen molar-refractivity contribution < 1.29 is 28.2 Å². The Balaban J connectivity index is 2.65. The van der Waals surface area contributed by atoms with E-state index in [9.17, 15) is 13.6 Å². The number of halogens is 2. The van der Waals surface area contributed by atoms with Gasteiger partial charge in [-0.25, -0.2) is 9.18 Å². The lowest BCUT2D eigenvalue weighted by Crippen LogP contribution is -2.30. The summed E-state index contributed by atoms with van der Waals surface area (Å²) in [6, 6.07) is 3.42. The first-order valence-corrected chi connectivity index (χ1v) is 4.97. The smallest absolute Gasteiger partial charge is 0.336 e. The average Bonchev–Trinajstić information content (AvgIpc) is 2.29. The van der Waals surface area contributed by atoms with Crippen LogP contribution in [-0.2, 0) is 9.53 Å². The van der Waals surface area contributed by atoms with Gasteiger partial charge in [0.2, 0.25) is 5.82 Å². The zero-order chi connectivity index (χ0) is 12.8. The molecule has 0 radical (unpaired) electrons. The Hall–Kier alpha value is -1.69. The first-order valence-electron chi connectivity index (χ1n) is 4.97. The molecule has 0 saturated heterocycles. The van der Waals surface area contributed by atoms with Crippen LogP contribution in [0.15, 0.2) is 18.2 Å². The van der Waals surface area contributed by atoms with Crippen LogP contribution in [0.5, 0.6) is 5.75 Å². The van der Waals surface area contributed by atoms with Crippen LogP contribution < -0.4 is 4.74 Å². The second-order valence-corrected chi connectivity index (χ2v) is 3.15. The van der Waals surface area contributed by atoms with E-state index >= 15 is 0 Å². The van der Waals surface area contributed by atoms with Gasteiger partial charge in [-0.1, -0.05) is 6.07 Å². The van der Waals surface area contributed by atoms with E-state index in [2.05, 4.69) is 0 Å². The lowest BCUT2D eigenvalue weighted by atomic mass is 10.3. The van der Waals surface area contributed by atoms with Crippen molar-refractivity contribution in [3.63, 3.8) is 0 Å². The Kier molecular flexibility index (Phi) is 4.84. The van der Waals surface area contributed by atoms with Crippen LogP contribution in [0.4, 0.5) is 8.78 Å². The molecule has 1 N–H and O–H groups in total. The van der Waals surface area contributed by atoms with Gasteiger partial charge in [0.1, 0.15) is 6.61 Å². The number of carbonyl (C=O) groups is 1. The molecule has 94 valence electrons. The van der Waals surface area contributed by atoms with Crippen molar-refractivity contribution in [2.45, 2.75) is 13.0 Å². The van der Waals surface area contributed by atoms with Crippen molar-refractivity contribution in [3.05, 3.63) is 29.8 Å². The van der Waals surface area contributed by atoms with Crippen LogP contribution in [0, 0.1) is 11.6 Å². The number of carboxylic acid groups (broad SMARTS) is 1. The molecular formula is C11H12F2O4. The van der Waals surface area contributed by atoms with E-state index < -0.39 is 23.7 Å². The summed E-state index contributed by atoms with van der Waals surface area (Å²) in [5.74, 6) is -3.75. The zero-order valence-corrected chi connectivity index (χ0v) is 9.15. The van der Waals surface area contributed by atoms with Gasteiger partial charge in [-0.05, 0) is 19.1 Å². The summed E-state index contributed by atoms with van der Waals surface area (Å²) in [7, 11) is 0. The highest BCUT2D eigenvalue weighted by Crippen LogP contribution is 2.19. The van der Waals surface area contributed by atoms with Crippen molar-refractivity contribution in [3.8, 4) is 5.75 Å². The summed E-state index contributed by atoms with van der Waals surface area (Å²) in [5.41, 5.74) is 0. The third kappa shape index (κ3) is 3.67. The number of rotatable bonds is 6. The molecule has 1 aromatic rings. The number of aliphatic carboxylic acids is 1. The number of benzene rings is 1. The molecule has 4 nitrogen and oxygen atoms in total. The van der Waals surface area contributed by atoms with Crippen LogP contribution >= 0.6 is 0 Å². The van der Waals surface area contributed by atoms with E-state index in [0.717, 1.165) is 6.07 Å². The highest BCUT2D eigenvalue weighted by atomic mass is 19.2. The minimum Gasteiger partial charge on any atom is -0.487 e. The van der Waals surface area contributed by atoms with E-state index in [1.807, 2.05) is 0 Å². The zero-order valence-electron chi connectivity index (χ0n) is 9.15. The Morgan fingerprint density at radius 3 is 2.76 bits per heavy atom. The summed E-state index contributed by atoms with van der Waals surface area (Å²) in [6.45, 7) is 1.42. The van der Waals surface area contributed by atoms with E-state index in [4.69, 9.17) is 14.6 Å². The molecule has 17 heavy (non-hydrogen) atoms. The third-order valence-corrected chi connectivity index (χ3v) is 1.95. The van der Waals surface area contributed by atoms with Crippen LogP contribution in [-0.4, -0.2) is 30.4 Å². The molecule has 1 rings (SSSR count). The summed E-state index contributed by atoms with van der Waals surface area (Å²) in [6.07, 6.45) is -1.21. The molecule has 0 spiro atoms. The predicted molar refractivity (Wildman–Crippen MR) is 54.9 cm³/mol. The molecule has 1 aromatic carbocycles. The number of carboxylic acids is 1. The van der Waals surface area contributed by atoms with Gasteiger partial charge in [0, 0.05) is 6.61 Å². The van der Waals surface area contributed by atoms with Gasteiger partial charge >= 0.3 is 5.97 Å². The van der Waals surface area contributed by atoms with Crippen molar-refractivity contribution in [1.82, 2.24) is 0 Å². The van der Waals surface area contributed by atoms with Gasteiger partial charge in [0.25, 0.3) is 0 Å². The second kappa shape index (κ2) is 6.15. The van der Waals surface area contributed by atoms with E-state index in [1.165, 1.54) is 12.1 Å². The Labute approximate surface area is 96.8 Å². The molecule has 1 unspecified atom stereocenters. The van der Waals surface area contributed by atoms with Crippen LogP contribution in [0.2, 0.25) is 0 Å². The molecule has 1 atom stereocenters. The van der Waals surface area contributed by atoms with Gasteiger partial charge in [-0.3, -0.25) is 0 Å². The normalized spacial score (nSPS) is 12.2. The van der Waals surface area contributed by atoms with Crippen molar-refractivity contribution in [2.24, 2.45) is 0 Å². The minimum absolute atomic E-state index is 0.186. The van der Waals surface area contributed by atoms with Crippen molar-refractivity contribution in [2.75, 3.05) is 13.2 Å². The minimum atomic E-state index is -1.22. The first kappa shape index (κ1) is 13.4. The standard InChI is InChI=1S/C11H12F2O4/c1-2-16-9(11(14)15)6-17-8-5-3-4-7(12)10(8)13/h3-5,9H,2,6H2,1H3,(H,14,15). The molecule has 0 aliphatic rings. The molecule has 0 aliphatic carbocycles. The maximum atomic E-state index is 13.2. The van der Waals surface area contributed by atoms with Crippen molar-refractivity contribution in [1.29, 1.82) is 0 Å². The third-order valence-electron chi connectivity index (χ3n) is 1.95. The molecule has 0 fully saturated rings. The highest BCUT2D eigenvalue weighted by molar-refractivity contribution is 5.72. The van der Waals surface area contributed by atoms with Gasteiger partial charge in [-0.15, -0.1) is 0 Å². The SMILES string of the molecule is CCOC(COc1cccc(F)c1F)C(=O)O. The van der Waals surface area contributed by atoms with Crippen LogP contribution in [0.3, 0.4) is 0 Å². The number of hydrogen-bond donors (Lipinski definition) is 1. The Bertz CT molecular complexity index is 395. The summed E-state index contributed by atoms with van der Waals surface area (Å²) in [5, 5.41) is 8.73. The number of ether oxygens (including phenoxy) is 2. The summed E-state index contributed by atoms with van der Waals surface area (Å²) < 4.78 is 35.7. The maximum Gasteiger partial charge on any atom is 0.336 e. The number of hydrogen-bond acceptors (Lipinski definition) is 3. The van der Waals surface area contributed by atoms with Gasteiger partial charge < -0.3 is 14.6 Å². The molecule has 0 aromatic heterocycles. The fourth-order valence-electron chi connectivity index (χ4n) is 1.15. The van der Waals surface area contributed by atoms with E-state index in [0.29, 0.717) is 0 Å². The first-order chi connectivity index (χ1) is 8.06. The topological polar surface area (TPSA) is 55.8 Å². The Morgan fingerprint density at radius 2 is 2.18 bits per heavy atom. The highest BCUT2D eigenvalue weighted by Gasteiger charge is 2.19. The quantitative estimate of drug-likeness (QED) is 0.832. The van der Waals surface area contributed by atoms with Gasteiger partial charge in [0.05, 0.1) is 0 Å². The van der Waals surface area contributed by atoms with Crippen molar-refractivity contribution >= 4 is 5.97 Å². The molecule has 0 aliphatic heterocycles. The average molecular weight is 246 g/mol. The summed E-state index contributed by atoms with van der Waals surface area (Å²) in [4.78, 5) is 10.7. The van der Waals surface area contributed by atoms with Gasteiger partial charge in [0.15, 0.2) is 17.7 Å². The fourth-order valence-corrected chi connectivity index (χ4v) is 1.15. The lowest BCUT2D eigenvalue weighted by Gasteiger charge is -2.13. The molecule has 0 heterocycles. The van der Waals surface area contributed by atoms with Gasteiger partial charge in [-0.2, -0.15) is 4.39 Å². The predicted octanol–water partition coefficient (Wildman–Crippen LogP) is 1.83. The monoisotopic (exact) mass is 246 g/mol. The fraction of sp³-hybridized carbons (Fsp3) is 0.364. The van der Waals surface area contributed by atoms with Crippen LogP contribution in [0.25, 0.3) is 0 Å². The summed E-state index contributed by atoms with van der Waals surface area (Å²) >= 11 is 0. The molecular weight excluding hydrogens is 234 g/mol. The largest absolute Gasteiger partial charge is 0.487 e. The lowest BCUT2D eigenvalue weighted by molar-refractivity contribution is -0.152. The molecule has 6 heteroatoms. The molecule has 0 saturated carbocycles. The molecule has 0 amide bonds. The van der Waals surface area contributed by atoms with E-state index in [1.54, 1.807) is 6.92 Å². The van der Waals surface area contributed by atoms with E-state index in [-0.39, 0.29) is 19.0 Å².